The third-order valence-corrected chi connectivity index (χ3v) is 4.43. The van der Waals surface area contributed by atoms with E-state index < -0.39 is 18.0 Å². The van der Waals surface area contributed by atoms with Crippen LogP contribution in [0.5, 0.6) is 0 Å². The number of carbonyl (C=O) groups is 1. The summed E-state index contributed by atoms with van der Waals surface area (Å²) in [5.41, 5.74) is 4.58. The van der Waals surface area contributed by atoms with Gasteiger partial charge in [-0.05, 0) is 33.1 Å². The highest BCUT2D eigenvalue weighted by atomic mass is 16.7. The summed E-state index contributed by atoms with van der Waals surface area (Å²) in [6.07, 6.45) is 0.991. The average Bonchev–Trinajstić information content (AvgIpc) is 2.36. The maximum Gasteiger partial charge on any atom is 0.161 e. The van der Waals surface area contributed by atoms with Gasteiger partial charge in [-0.3, -0.25) is 4.79 Å². The molecule has 2 rings (SSSR count). The lowest BCUT2D eigenvalue weighted by molar-refractivity contribution is -0.248. The van der Waals surface area contributed by atoms with Gasteiger partial charge in [0.25, 0.3) is 0 Å². The van der Waals surface area contributed by atoms with Crippen LogP contribution in [-0.4, -0.2) is 52.2 Å². The fourth-order valence-corrected chi connectivity index (χ4v) is 3.03. The SMILES string of the molecule is CC(=O)C1(O)CCCC(OC2CC(N)C(O)C(C)O2)C1. The van der Waals surface area contributed by atoms with Crippen molar-refractivity contribution in [3.05, 3.63) is 0 Å². The van der Waals surface area contributed by atoms with Crippen LogP contribution in [0, 0.1) is 0 Å². The lowest BCUT2D eigenvalue weighted by Gasteiger charge is -2.40. The van der Waals surface area contributed by atoms with E-state index in [1.807, 2.05) is 0 Å². The quantitative estimate of drug-likeness (QED) is 0.680. The number of nitrogens with two attached hydrogens (primary N) is 1. The van der Waals surface area contributed by atoms with E-state index >= 15 is 0 Å². The smallest absolute Gasteiger partial charge is 0.161 e. The summed E-state index contributed by atoms with van der Waals surface area (Å²) in [5.74, 6) is -0.212. The van der Waals surface area contributed by atoms with Crippen molar-refractivity contribution in [1.82, 2.24) is 0 Å². The van der Waals surface area contributed by atoms with Gasteiger partial charge in [0.15, 0.2) is 12.1 Å². The number of ether oxygens (including phenoxy) is 2. The van der Waals surface area contributed by atoms with E-state index in [2.05, 4.69) is 0 Å². The van der Waals surface area contributed by atoms with Gasteiger partial charge in [0.2, 0.25) is 0 Å². The summed E-state index contributed by atoms with van der Waals surface area (Å²) >= 11 is 0. The number of rotatable bonds is 3. The van der Waals surface area contributed by atoms with Crippen molar-refractivity contribution in [2.45, 2.75) is 82.2 Å². The molecular formula is C14H25NO5. The lowest BCUT2D eigenvalue weighted by atomic mass is 9.80. The maximum absolute atomic E-state index is 11.5. The first-order valence-corrected chi connectivity index (χ1v) is 7.30. The minimum atomic E-state index is -1.27. The van der Waals surface area contributed by atoms with E-state index in [9.17, 15) is 15.0 Å². The molecule has 6 nitrogen and oxygen atoms in total. The first kappa shape index (κ1) is 15.9. The molecule has 20 heavy (non-hydrogen) atoms. The highest BCUT2D eigenvalue weighted by Gasteiger charge is 2.41. The van der Waals surface area contributed by atoms with Gasteiger partial charge in [-0.25, -0.2) is 0 Å². The van der Waals surface area contributed by atoms with Crippen molar-refractivity contribution in [2.75, 3.05) is 0 Å². The molecule has 0 aromatic heterocycles. The molecule has 6 atom stereocenters. The van der Waals surface area contributed by atoms with Gasteiger partial charge in [0.1, 0.15) is 5.60 Å². The fourth-order valence-electron chi connectivity index (χ4n) is 3.03. The van der Waals surface area contributed by atoms with Gasteiger partial charge >= 0.3 is 0 Å². The number of aliphatic hydroxyl groups excluding tert-OH is 1. The molecule has 2 fully saturated rings. The number of ketones is 1. The second kappa shape index (κ2) is 6.07. The molecule has 1 aliphatic heterocycles. The van der Waals surface area contributed by atoms with Crippen molar-refractivity contribution < 1.29 is 24.5 Å². The Bertz CT molecular complexity index is 351. The van der Waals surface area contributed by atoms with E-state index in [1.54, 1.807) is 6.92 Å². The average molecular weight is 287 g/mol. The molecule has 4 N–H and O–H groups in total. The number of carbonyl (C=O) groups excluding carboxylic acids is 1. The number of aliphatic hydroxyl groups is 2. The summed E-state index contributed by atoms with van der Waals surface area (Å²) in [7, 11) is 0. The predicted octanol–water partition coefficient (Wildman–Crippen LogP) is 0.0888. The van der Waals surface area contributed by atoms with Gasteiger partial charge in [-0.1, -0.05) is 0 Å². The number of Topliss-reactive ketones (excluding diaryl/α,β-unsaturated/α-hetero) is 1. The Labute approximate surface area is 119 Å². The molecular weight excluding hydrogens is 262 g/mol. The van der Waals surface area contributed by atoms with Gasteiger partial charge in [-0.2, -0.15) is 0 Å². The molecule has 1 saturated carbocycles. The lowest BCUT2D eigenvalue weighted by Crippen LogP contribution is -2.53. The normalized spacial score (nSPS) is 46.1. The van der Waals surface area contributed by atoms with E-state index in [-0.39, 0.29) is 24.0 Å². The summed E-state index contributed by atoms with van der Waals surface area (Å²) in [6, 6.07) is -0.376. The second-order valence-electron chi connectivity index (χ2n) is 6.10. The molecule has 0 aromatic rings. The highest BCUT2D eigenvalue weighted by molar-refractivity contribution is 5.84. The third kappa shape index (κ3) is 3.38. The Kier molecular flexibility index (Phi) is 4.81. The Balaban J connectivity index is 1.92. The Morgan fingerprint density at radius 1 is 1.50 bits per heavy atom. The third-order valence-electron chi connectivity index (χ3n) is 4.43. The first-order valence-electron chi connectivity index (χ1n) is 7.30. The van der Waals surface area contributed by atoms with Crippen LogP contribution in [0.3, 0.4) is 0 Å². The minimum absolute atomic E-state index is 0.211. The van der Waals surface area contributed by atoms with Crippen LogP contribution in [0.4, 0.5) is 0 Å². The van der Waals surface area contributed by atoms with Crippen LogP contribution in [0.25, 0.3) is 0 Å². The largest absolute Gasteiger partial charge is 0.389 e. The number of hydrogen-bond acceptors (Lipinski definition) is 6. The monoisotopic (exact) mass is 287 g/mol. The summed E-state index contributed by atoms with van der Waals surface area (Å²) in [4.78, 5) is 11.5. The van der Waals surface area contributed by atoms with E-state index in [4.69, 9.17) is 15.2 Å². The maximum atomic E-state index is 11.5. The van der Waals surface area contributed by atoms with Crippen LogP contribution in [0.15, 0.2) is 0 Å². The van der Waals surface area contributed by atoms with Crippen molar-refractivity contribution in [3.63, 3.8) is 0 Å². The van der Waals surface area contributed by atoms with E-state index in [0.29, 0.717) is 19.3 Å². The molecule has 2 aliphatic rings. The first-order chi connectivity index (χ1) is 9.32. The standard InChI is InChI=1S/C14H25NO5/c1-8-13(17)11(15)6-12(19-8)20-10-4-3-5-14(18,7-10)9(2)16/h8,10-13,17-18H,3-7,15H2,1-2H3. The van der Waals surface area contributed by atoms with Crippen LogP contribution >= 0.6 is 0 Å². The van der Waals surface area contributed by atoms with E-state index in [1.165, 1.54) is 6.92 Å². The Morgan fingerprint density at radius 3 is 2.80 bits per heavy atom. The molecule has 0 radical (unpaired) electrons. The zero-order valence-electron chi connectivity index (χ0n) is 12.1. The molecule has 0 spiro atoms. The summed E-state index contributed by atoms with van der Waals surface area (Å²) in [6.45, 7) is 3.17. The Hall–Kier alpha value is -0.530. The van der Waals surface area contributed by atoms with Crippen molar-refractivity contribution in [2.24, 2.45) is 5.73 Å². The van der Waals surface area contributed by atoms with Gasteiger partial charge in [-0.15, -0.1) is 0 Å². The highest BCUT2D eigenvalue weighted by Crippen LogP contribution is 2.33. The number of hydrogen-bond donors (Lipinski definition) is 3. The van der Waals surface area contributed by atoms with Crippen molar-refractivity contribution in [3.8, 4) is 0 Å². The molecule has 1 heterocycles. The molecule has 1 aliphatic carbocycles. The zero-order valence-corrected chi connectivity index (χ0v) is 12.1. The van der Waals surface area contributed by atoms with Crippen molar-refractivity contribution in [1.29, 1.82) is 0 Å². The molecule has 0 amide bonds. The summed E-state index contributed by atoms with van der Waals surface area (Å²) < 4.78 is 11.4. The summed E-state index contributed by atoms with van der Waals surface area (Å²) in [5, 5.41) is 20.0. The fraction of sp³-hybridized carbons (Fsp3) is 0.929. The van der Waals surface area contributed by atoms with Crippen LogP contribution in [-0.2, 0) is 14.3 Å². The van der Waals surface area contributed by atoms with Crippen molar-refractivity contribution >= 4 is 5.78 Å². The van der Waals surface area contributed by atoms with Crippen LogP contribution < -0.4 is 5.73 Å². The predicted molar refractivity (Wildman–Crippen MR) is 71.9 cm³/mol. The minimum Gasteiger partial charge on any atom is -0.389 e. The van der Waals surface area contributed by atoms with Crippen LogP contribution in [0.1, 0.15) is 46.0 Å². The Morgan fingerprint density at radius 2 is 2.20 bits per heavy atom. The van der Waals surface area contributed by atoms with Gasteiger partial charge in [0.05, 0.1) is 18.3 Å². The molecule has 0 bridgehead atoms. The molecule has 116 valence electrons. The molecule has 6 heteroatoms. The molecule has 6 unspecified atom stereocenters. The molecule has 1 saturated heterocycles. The molecule has 0 aromatic carbocycles. The zero-order chi connectivity index (χ0) is 14.9. The van der Waals surface area contributed by atoms with Gasteiger partial charge in [0, 0.05) is 18.9 Å². The second-order valence-corrected chi connectivity index (χ2v) is 6.10. The van der Waals surface area contributed by atoms with Gasteiger partial charge < -0.3 is 25.4 Å². The van der Waals surface area contributed by atoms with Crippen LogP contribution in [0.2, 0.25) is 0 Å². The van der Waals surface area contributed by atoms with E-state index in [0.717, 1.165) is 12.8 Å². The topological polar surface area (TPSA) is 102 Å².